The van der Waals surface area contributed by atoms with Crippen molar-refractivity contribution in [3.63, 3.8) is 0 Å². The zero-order valence-corrected chi connectivity index (χ0v) is 23.1. The summed E-state index contributed by atoms with van der Waals surface area (Å²) < 4.78 is 10.7. The summed E-state index contributed by atoms with van der Waals surface area (Å²) in [5.74, 6) is -0.489. The van der Waals surface area contributed by atoms with Crippen molar-refractivity contribution in [2.45, 2.75) is 38.6 Å². The van der Waals surface area contributed by atoms with E-state index < -0.39 is 5.97 Å². The summed E-state index contributed by atoms with van der Waals surface area (Å²) in [6.45, 7) is 4.45. The molecule has 11 heteroatoms. The lowest BCUT2D eigenvalue weighted by Crippen LogP contribution is -2.45. The van der Waals surface area contributed by atoms with E-state index in [4.69, 9.17) is 37.7 Å². The van der Waals surface area contributed by atoms with E-state index >= 15 is 0 Å². The van der Waals surface area contributed by atoms with Crippen molar-refractivity contribution in [3.8, 4) is 17.0 Å². The third-order valence-corrected chi connectivity index (χ3v) is 7.84. The predicted molar refractivity (Wildman–Crippen MR) is 149 cm³/mol. The number of aromatic nitrogens is 2. The highest BCUT2D eigenvalue weighted by Gasteiger charge is 2.31. The summed E-state index contributed by atoms with van der Waals surface area (Å²) >= 11 is 12.3. The summed E-state index contributed by atoms with van der Waals surface area (Å²) in [6, 6.07) is 6.80. The Balaban J connectivity index is 1.44. The van der Waals surface area contributed by atoms with Crippen molar-refractivity contribution >= 4 is 51.8 Å². The number of pyridine rings is 2. The molecule has 1 amide bonds. The summed E-state index contributed by atoms with van der Waals surface area (Å²) in [6.07, 6.45) is 4.57. The molecule has 0 bridgehead atoms. The number of fused-ring (bicyclic) bond motifs is 1. The number of esters is 1. The molecule has 2 fully saturated rings. The van der Waals surface area contributed by atoms with Gasteiger partial charge in [-0.3, -0.25) is 9.78 Å². The van der Waals surface area contributed by atoms with Gasteiger partial charge in [0.05, 0.1) is 46.8 Å². The van der Waals surface area contributed by atoms with Crippen LogP contribution in [0, 0.1) is 5.92 Å². The van der Waals surface area contributed by atoms with E-state index in [9.17, 15) is 14.7 Å². The van der Waals surface area contributed by atoms with Crippen molar-refractivity contribution in [2.75, 3.05) is 38.2 Å². The number of amides is 1. The van der Waals surface area contributed by atoms with Crippen LogP contribution in [0.15, 0.2) is 30.5 Å². The maximum absolute atomic E-state index is 13.0. The molecule has 1 aliphatic carbocycles. The average molecular weight is 573 g/mol. The highest BCUT2D eigenvalue weighted by molar-refractivity contribution is 6.37. The molecule has 1 aliphatic heterocycles. The first-order valence-electron chi connectivity index (χ1n) is 13.1. The number of phenolic OH excluding ortho intramolecular Hbond substituents is 1. The fraction of sp³-hybridized carbons (Fsp3) is 0.429. The second-order valence-corrected chi connectivity index (χ2v) is 10.6. The number of nitrogens with zero attached hydrogens (tertiary/aromatic N) is 3. The van der Waals surface area contributed by atoms with Gasteiger partial charge < -0.3 is 24.8 Å². The lowest BCUT2D eigenvalue weighted by Gasteiger charge is -2.34. The van der Waals surface area contributed by atoms with Crippen molar-refractivity contribution in [1.29, 1.82) is 0 Å². The minimum atomic E-state index is -0.492. The van der Waals surface area contributed by atoms with Crippen LogP contribution in [0.1, 0.15) is 43.0 Å². The van der Waals surface area contributed by atoms with Crippen molar-refractivity contribution < 1.29 is 24.2 Å². The van der Waals surface area contributed by atoms with E-state index in [-0.39, 0.29) is 40.3 Å². The number of hydrogen-bond donors (Lipinski definition) is 2. The SMILES string of the molecule is CCOC(=O)c1cnc2ccc(-c3cc(Cl)c(O)c(Cl)c3)nc2c1NC1CCC(C(=O)N2CCOCC2)CC1. The summed E-state index contributed by atoms with van der Waals surface area (Å²) in [5.41, 5.74) is 3.10. The zero-order chi connectivity index (χ0) is 27.5. The van der Waals surface area contributed by atoms with Gasteiger partial charge in [0.2, 0.25) is 5.91 Å². The smallest absolute Gasteiger partial charge is 0.341 e. The molecular weight excluding hydrogens is 543 g/mol. The highest BCUT2D eigenvalue weighted by Crippen LogP contribution is 2.37. The molecular formula is C28H30Cl2N4O5. The molecule has 39 heavy (non-hydrogen) atoms. The molecule has 3 heterocycles. The zero-order valence-electron chi connectivity index (χ0n) is 21.6. The Hall–Kier alpha value is -3.14. The number of carbonyl (C=O) groups excluding carboxylic acids is 2. The van der Waals surface area contributed by atoms with Gasteiger partial charge in [0.25, 0.3) is 0 Å². The molecule has 0 spiro atoms. The van der Waals surface area contributed by atoms with Gasteiger partial charge in [0, 0.05) is 36.8 Å². The monoisotopic (exact) mass is 572 g/mol. The second-order valence-electron chi connectivity index (χ2n) is 9.75. The first-order valence-corrected chi connectivity index (χ1v) is 13.9. The normalized spacial score (nSPS) is 19.6. The van der Waals surface area contributed by atoms with E-state index in [1.807, 2.05) is 11.0 Å². The Morgan fingerprint density at radius 2 is 1.82 bits per heavy atom. The maximum atomic E-state index is 13.0. The summed E-state index contributed by atoms with van der Waals surface area (Å²) in [5, 5.41) is 13.7. The Kier molecular flexibility index (Phi) is 8.40. The Labute approximate surface area is 236 Å². The van der Waals surface area contributed by atoms with Crippen LogP contribution in [0.3, 0.4) is 0 Å². The number of nitrogens with one attached hydrogen (secondary N) is 1. The lowest BCUT2D eigenvalue weighted by atomic mass is 9.85. The predicted octanol–water partition coefficient (Wildman–Crippen LogP) is 5.32. The number of benzene rings is 1. The van der Waals surface area contributed by atoms with Gasteiger partial charge in [-0.25, -0.2) is 9.78 Å². The molecule has 206 valence electrons. The summed E-state index contributed by atoms with van der Waals surface area (Å²) in [7, 11) is 0. The molecule has 0 atom stereocenters. The van der Waals surface area contributed by atoms with Gasteiger partial charge >= 0.3 is 5.97 Å². The van der Waals surface area contributed by atoms with E-state index in [2.05, 4.69) is 10.3 Å². The van der Waals surface area contributed by atoms with E-state index in [1.165, 1.54) is 6.20 Å². The van der Waals surface area contributed by atoms with E-state index in [0.29, 0.717) is 59.8 Å². The molecule has 5 rings (SSSR count). The highest BCUT2D eigenvalue weighted by atomic mass is 35.5. The van der Waals surface area contributed by atoms with Crippen LogP contribution >= 0.6 is 23.2 Å². The Morgan fingerprint density at radius 1 is 1.13 bits per heavy atom. The molecule has 2 N–H and O–H groups in total. The van der Waals surface area contributed by atoms with Gasteiger partial charge in [-0.15, -0.1) is 0 Å². The first kappa shape index (κ1) is 27.4. The number of aromatic hydroxyl groups is 1. The molecule has 2 aromatic heterocycles. The number of halogens is 2. The molecule has 2 aliphatic rings. The van der Waals surface area contributed by atoms with E-state index in [0.717, 1.165) is 25.7 Å². The van der Waals surface area contributed by atoms with Crippen LogP contribution in [0.4, 0.5) is 5.69 Å². The van der Waals surface area contributed by atoms with Crippen molar-refractivity contribution in [3.05, 3.63) is 46.1 Å². The van der Waals surface area contributed by atoms with Gasteiger partial charge in [-0.1, -0.05) is 23.2 Å². The molecule has 0 radical (unpaired) electrons. The first-order chi connectivity index (χ1) is 18.9. The number of morpholine rings is 1. The Bertz CT molecular complexity index is 1360. The molecule has 1 saturated heterocycles. The van der Waals surface area contributed by atoms with Crippen molar-refractivity contribution in [2.24, 2.45) is 5.92 Å². The third-order valence-electron chi connectivity index (χ3n) is 7.27. The largest absolute Gasteiger partial charge is 0.505 e. The quantitative estimate of drug-likeness (QED) is 0.382. The molecule has 0 unspecified atom stereocenters. The van der Waals surface area contributed by atoms with Crippen LogP contribution < -0.4 is 5.32 Å². The van der Waals surface area contributed by atoms with E-state index in [1.54, 1.807) is 25.1 Å². The minimum absolute atomic E-state index is 0.00594. The standard InChI is InChI=1S/C28H30Cl2N4O5/c1-2-39-28(37)19-15-31-23-8-7-22(17-13-20(29)26(35)21(30)14-17)33-25(23)24(19)32-18-5-3-16(4-6-18)27(36)34-9-11-38-12-10-34/h7-8,13-16,18,35H,2-6,9-12H2,1H3,(H,31,32). The maximum Gasteiger partial charge on any atom is 0.341 e. The van der Waals surface area contributed by atoms with Gasteiger partial charge in [0.1, 0.15) is 11.1 Å². The fourth-order valence-corrected chi connectivity index (χ4v) is 5.67. The third kappa shape index (κ3) is 5.90. The molecule has 1 saturated carbocycles. The minimum Gasteiger partial charge on any atom is -0.505 e. The molecule has 9 nitrogen and oxygen atoms in total. The van der Waals surface area contributed by atoms with Crippen LogP contribution in [-0.2, 0) is 14.3 Å². The van der Waals surface area contributed by atoms with Gasteiger partial charge in [-0.05, 0) is 56.9 Å². The van der Waals surface area contributed by atoms with Crippen LogP contribution in [0.5, 0.6) is 5.75 Å². The number of hydrogen-bond acceptors (Lipinski definition) is 8. The Morgan fingerprint density at radius 3 is 2.49 bits per heavy atom. The topological polar surface area (TPSA) is 114 Å². The van der Waals surface area contributed by atoms with Crippen molar-refractivity contribution in [1.82, 2.24) is 14.9 Å². The molecule has 1 aromatic carbocycles. The lowest BCUT2D eigenvalue weighted by molar-refractivity contribution is -0.140. The van der Waals surface area contributed by atoms with Crippen LogP contribution in [0.2, 0.25) is 10.0 Å². The number of anilines is 1. The fourth-order valence-electron chi connectivity index (χ4n) is 5.18. The number of rotatable bonds is 6. The van der Waals surface area contributed by atoms with Gasteiger partial charge in [0.15, 0.2) is 5.75 Å². The number of carbonyl (C=O) groups is 2. The van der Waals surface area contributed by atoms with Crippen LogP contribution in [-0.4, -0.2) is 70.8 Å². The average Bonchev–Trinajstić information content (AvgIpc) is 2.96. The summed E-state index contributed by atoms with van der Waals surface area (Å²) in [4.78, 5) is 37.1. The molecule has 3 aromatic rings. The van der Waals surface area contributed by atoms with Crippen LogP contribution in [0.25, 0.3) is 22.3 Å². The number of phenols is 1. The number of ether oxygens (including phenoxy) is 2. The second kappa shape index (κ2) is 11.9. The van der Waals surface area contributed by atoms with Gasteiger partial charge in [-0.2, -0.15) is 0 Å².